The minimum absolute atomic E-state index is 0.0726. The largest absolute Gasteiger partial charge is 0.391 e. The average molecular weight is 624 g/mol. The molecule has 0 radical (unpaired) electrons. The van der Waals surface area contributed by atoms with E-state index in [0.717, 1.165) is 70.6 Å². The first-order chi connectivity index (χ1) is 20.3. The van der Waals surface area contributed by atoms with Crippen LogP contribution in [0.15, 0.2) is 0 Å². The van der Waals surface area contributed by atoms with E-state index in [1.165, 1.54) is 6.42 Å². The number of rotatable bonds is 8. The maximum atomic E-state index is 14.0. The Labute approximate surface area is 253 Å². The normalized spacial score (nSPS) is 28.4. The summed E-state index contributed by atoms with van der Waals surface area (Å²) in [4.78, 5) is 32.6. The van der Waals surface area contributed by atoms with E-state index < -0.39 is 36.5 Å². The lowest BCUT2D eigenvalue weighted by Crippen LogP contribution is -2.57. The van der Waals surface area contributed by atoms with E-state index in [9.17, 15) is 35.9 Å². The van der Waals surface area contributed by atoms with E-state index in [1.807, 2.05) is 0 Å². The smallest absolute Gasteiger partial charge is 0.344 e. The van der Waals surface area contributed by atoms with Gasteiger partial charge in [0.25, 0.3) is 0 Å². The molecular weight excluding hydrogens is 572 g/mol. The van der Waals surface area contributed by atoms with Crippen LogP contribution in [-0.4, -0.2) is 83.7 Å². The first-order valence-electron chi connectivity index (χ1n) is 16.7. The summed E-state index contributed by atoms with van der Waals surface area (Å²) in [5.74, 6) is -4.42. The standard InChI is InChI=1S/C32H51F6N3O2/c1-22(42)41(27-11-7-4-8-12-27)28-14-17-40(18-15-28)29(24-9-5-3-6-10-24)30(43)39(2)16-13-23-19-25(31(33,34)35)21-26(20-23)32(36,37)38/h23-29H,3-21H2,1-2H3. The van der Waals surface area contributed by atoms with Gasteiger partial charge in [0.05, 0.1) is 17.9 Å². The molecule has 43 heavy (non-hydrogen) atoms. The molecule has 0 aromatic heterocycles. The zero-order valence-corrected chi connectivity index (χ0v) is 25.9. The fourth-order valence-electron chi connectivity index (χ4n) is 8.64. The van der Waals surface area contributed by atoms with Gasteiger partial charge in [-0.2, -0.15) is 26.3 Å². The lowest BCUT2D eigenvalue weighted by atomic mass is 9.73. The maximum absolute atomic E-state index is 14.0. The Balaban J connectivity index is 1.40. The fraction of sp³-hybridized carbons (Fsp3) is 0.938. The Morgan fingerprint density at radius 1 is 0.744 bits per heavy atom. The van der Waals surface area contributed by atoms with E-state index in [0.29, 0.717) is 19.1 Å². The molecule has 3 unspecified atom stereocenters. The van der Waals surface area contributed by atoms with Crippen LogP contribution in [0.3, 0.4) is 0 Å². The van der Waals surface area contributed by atoms with Crippen molar-refractivity contribution in [2.24, 2.45) is 23.7 Å². The van der Waals surface area contributed by atoms with Crippen molar-refractivity contribution in [3.8, 4) is 0 Å². The SMILES string of the molecule is CC(=O)N(C1CCCCC1)C1CCN(C(C(=O)N(C)CCC2CC(C(F)(F)F)CC(C(F)(F)F)C2)C2CCCCC2)CC1. The minimum atomic E-state index is -4.66. The van der Waals surface area contributed by atoms with Gasteiger partial charge in [0.1, 0.15) is 0 Å². The summed E-state index contributed by atoms with van der Waals surface area (Å²) in [6.45, 7) is 3.21. The molecular formula is C32H51F6N3O2. The van der Waals surface area contributed by atoms with Gasteiger partial charge < -0.3 is 9.80 Å². The topological polar surface area (TPSA) is 43.9 Å². The van der Waals surface area contributed by atoms with Crippen molar-refractivity contribution >= 4 is 11.8 Å². The Kier molecular flexibility index (Phi) is 11.8. The van der Waals surface area contributed by atoms with E-state index in [1.54, 1.807) is 18.9 Å². The molecule has 4 aliphatic rings. The van der Waals surface area contributed by atoms with Crippen LogP contribution in [0.1, 0.15) is 110 Å². The average Bonchev–Trinajstić information content (AvgIpc) is 2.97. The number of nitrogens with zero attached hydrogens (tertiary/aromatic N) is 3. The number of halogens is 6. The predicted octanol–water partition coefficient (Wildman–Crippen LogP) is 7.59. The lowest BCUT2D eigenvalue weighted by Gasteiger charge is -2.46. The van der Waals surface area contributed by atoms with E-state index in [2.05, 4.69) is 9.80 Å². The molecule has 1 heterocycles. The Morgan fingerprint density at radius 3 is 1.72 bits per heavy atom. The minimum Gasteiger partial charge on any atom is -0.344 e. The summed E-state index contributed by atoms with van der Waals surface area (Å²) >= 11 is 0. The summed E-state index contributed by atoms with van der Waals surface area (Å²) in [5, 5.41) is 0. The number of piperidine rings is 1. The molecule has 5 nitrogen and oxygen atoms in total. The Hall–Kier alpha value is -1.52. The quantitative estimate of drug-likeness (QED) is 0.262. The number of amides is 2. The first-order valence-corrected chi connectivity index (χ1v) is 16.7. The highest BCUT2D eigenvalue weighted by molar-refractivity contribution is 5.82. The molecule has 2 amide bonds. The first kappa shape index (κ1) is 34.4. The number of likely N-dealkylation sites (N-methyl/N-ethyl adjacent to an activating group) is 1. The number of hydrogen-bond acceptors (Lipinski definition) is 3. The van der Waals surface area contributed by atoms with Gasteiger partial charge in [-0.25, -0.2) is 0 Å². The second kappa shape index (κ2) is 14.7. The molecule has 0 bridgehead atoms. The number of alkyl halides is 6. The summed E-state index contributed by atoms with van der Waals surface area (Å²) < 4.78 is 80.9. The van der Waals surface area contributed by atoms with Crippen molar-refractivity contribution in [2.45, 2.75) is 140 Å². The van der Waals surface area contributed by atoms with Crippen LogP contribution < -0.4 is 0 Å². The lowest BCUT2D eigenvalue weighted by molar-refractivity contribution is -0.229. The van der Waals surface area contributed by atoms with Crippen LogP contribution in [0.5, 0.6) is 0 Å². The van der Waals surface area contributed by atoms with Crippen molar-refractivity contribution in [2.75, 3.05) is 26.7 Å². The molecule has 0 N–H and O–H groups in total. The second-order valence-corrected chi connectivity index (χ2v) is 13.9. The predicted molar refractivity (Wildman–Crippen MR) is 153 cm³/mol. The number of hydrogen-bond donors (Lipinski definition) is 0. The van der Waals surface area contributed by atoms with Gasteiger partial charge in [0, 0.05) is 45.7 Å². The summed E-state index contributed by atoms with van der Waals surface area (Å²) in [5.41, 5.74) is 0. The third kappa shape index (κ3) is 9.03. The molecule has 3 saturated carbocycles. The highest BCUT2D eigenvalue weighted by Gasteiger charge is 2.51. The maximum Gasteiger partial charge on any atom is 0.391 e. The summed E-state index contributed by atoms with van der Waals surface area (Å²) in [6.07, 6.45) is 1.60. The van der Waals surface area contributed by atoms with Gasteiger partial charge in [-0.3, -0.25) is 14.5 Å². The van der Waals surface area contributed by atoms with Crippen LogP contribution in [-0.2, 0) is 9.59 Å². The molecule has 0 aromatic carbocycles. The van der Waals surface area contributed by atoms with Crippen LogP contribution in [0.25, 0.3) is 0 Å². The van der Waals surface area contributed by atoms with Gasteiger partial charge in [-0.15, -0.1) is 0 Å². The van der Waals surface area contributed by atoms with Crippen LogP contribution >= 0.6 is 0 Å². The molecule has 4 fully saturated rings. The molecule has 3 atom stereocenters. The van der Waals surface area contributed by atoms with Crippen molar-refractivity contribution in [3.63, 3.8) is 0 Å². The van der Waals surface area contributed by atoms with Gasteiger partial charge in [0.2, 0.25) is 11.8 Å². The van der Waals surface area contributed by atoms with Crippen LogP contribution in [0, 0.1) is 23.7 Å². The zero-order valence-electron chi connectivity index (χ0n) is 25.9. The highest BCUT2D eigenvalue weighted by Crippen LogP contribution is 2.48. The Bertz CT molecular complexity index is 886. The van der Waals surface area contributed by atoms with Gasteiger partial charge in [-0.05, 0) is 76.0 Å². The van der Waals surface area contributed by atoms with Crippen molar-refractivity contribution in [3.05, 3.63) is 0 Å². The molecule has 0 aromatic rings. The van der Waals surface area contributed by atoms with Gasteiger partial charge in [0.15, 0.2) is 0 Å². The Morgan fingerprint density at radius 2 is 1.23 bits per heavy atom. The monoisotopic (exact) mass is 623 g/mol. The van der Waals surface area contributed by atoms with E-state index >= 15 is 0 Å². The second-order valence-electron chi connectivity index (χ2n) is 13.9. The van der Waals surface area contributed by atoms with E-state index in [-0.39, 0.29) is 55.6 Å². The van der Waals surface area contributed by atoms with Crippen molar-refractivity contribution in [1.29, 1.82) is 0 Å². The fourth-order valence-corrected chi connectivity index (χ4v) is 8.64. The molecule has 1 saturated heterocycles. The van der Waals surface area contributed by atoms with Crippen molar-refractivity contribution < 1.29 is 35.9 Å². The van der Waals surface area contributed by atoms with Crippen LogP contribution in [0.2, 0.25) is 0 Å². The molecule has 11 heteroatoms. The van der Waals surface area contributed by atoms with Gasteiger partial charge in [-0.1, -0.05) is 38.5 Å². The molecule has 3 aliphatic carbocycles. The number of carbonyl (C=O) groups is 2. The summed E-state index contributed by atoms with van der Waals surface area (Å²) in [6, 6.07) is 0.105. The van der Waals surface area contributed by atoms with Gasteiger partial charge >= 0.3 is 12.4 Å². The summed E-state index contributed by atoms with van der Waals surface area (Å²) in [7, 11) is 1.65. The number of carbonyl (C=O) groups excluding carboxylic acids is 2. The molecule has 1 aliphatic heterocycles. The third-order valence-corrected chi connectivity index (χ3v) is 10.9. The molecule has 4 rings (SSSR count). The van der Waals surface area contributed by atoms with E-state index in [4.69, 9.17) is 0 Å². The molecule has 0 spiro atoms. The third-order valence-electron chi connectivity index (χ3n) is 10.9. The van der Waals surface area contributed by atoms with Crippen molar-refractivity contribution in [1.82, 2.24) is 14.7 Å². The zero-order chi connectivity index (χ0) is 31.4. The highest BCUT2D eigenvalue weighted by atomic mass is 19.4. The number of likely N-dealkylation sites (tertiary alicyclic amines) is 1. The van der Waals surface area contributed by atoms with Crippen LogP contribution in [0.4, 0.5) is 26.3 Å². The molecule has 248 valence electrons.